The predicted molar refractivity (Wildman–Crippen MR) is 110 cm³/mol. The number of halogens is 4. The van der Waals surface area contributed by atoms with E-state index in [0.717, 1.165) is 10.1 Å². The number of fused-ring (bicyclic) bond motifs is 3. The fourth-order valence-corrected chi connectivity index (χ4v) is 3.73. The Morgan fingerprint density at radius 2 is 1.97 bits per heavy atom. The summed E-state index contributed by atoms with van der Waals surface area (Å²) < 4.78 is 42.6. The Labute approximate surface area is 175 Å². The lowest BCUT2D eigenvalue weighted by Gasteiger charge is -2.12. The van der Waals surface area contributed by atoms with Crippen molar-refractivity contribution in [2.24, 2.45) is 7.05 Å². The summed E-state index contributed by atoms with van der Waals surface area (Å²) in [6, 6.07) is 5.33. The zero-order valence-electron chi connectivity index (χ0n) is 16.5. The Morgan fingerprint density at radius 1 is 1.20 bits per heavy atom. The normalized spacial score (nSPS) is 12.4. The van der Waals surface area contributed by atoms with E-state index in [9.17, 15) is 13.2 Å². The minimum absolute atomic E-state index is 0.0546. The van der Waals surface area contributed by atoms with E-state index in [1.807, 2.05) is 31.1 Å². The van der Waals surface area contributed by atoms with Crippen LogP contribution < -0.4 is 5.32 Å². The van der Waals surface area contributed by atoms with Gasteiger partial charge in [-0.25, -0.2) is 4.98 Å². The first-order valence-electron chi connectivity index (χ1n) is 9.06. The zero-order chi connectivity index (χ0) is 21.6. The summed E-state index contributed by atoms with van der Waals surface area (Å²) in [7, 11) is 5.61. The third-order valence-corrected chi connectivity index (χ3v) is 4.78. The predicted octanol–water partition coefficient (Wildman–Crippen LogP) is 4.34. The molecule has 3 aromatic heterocycles. The van der Waals surface area contributed by atoms with Crippen LogP contribution in [-0.2, 0) is 20.1 Å². The Kier molecular flexibility index (Phi) is 5.07. The second-order valence-electron chi connectivity index (χ2n) is 7.35. The van der Waals surface area contributed by atoms with Gasteiger partial charge in [-0.15, -0.1) is 0 Å². The zero-order valence-corrected chi connectivity index (χ0v) is 17.3. The molecule has 0 aliphatic carbocycles. The summed E-state index contributed by atoms with van der Waals surface area (Å²) in [5, 5.41) is 7.60. The molecule has 1 N–H and O–H groups in total. The first-order chi connectivity index (χ1) is 14.1. The topological polar surface area (TPSA) is 63.8 Å². The summed E-state index contributed by atoms with van der Waals surface area (Å²) in [5.74, 6) is 0.185. The molecule has 0 saturated carbocycles. The molecule has 0 fully saturated rings. The van der Waals surface area contributed by atoms with Gasteiger partial charge in [0.2, 0.25) is 5.95 Å². The number of aromatic nitrogens is 5. The van der Waals surface area contributed by atoms with Crippen molar-refractivity contribution in [2.75, 3.05) is 19.4 Å². The van der Waals surface area contributed by atoms with E-state index in [1.165, 1.54) is 0 Å². The Balaban J connectivity index is 1.93. The van der Waals surface area contributed by atoms with Gasteiger partial charge >= 0.3 is 6.18 Å². The third kappa shape index (κ3) is 4.05. The van der Waals surface area contributed by atoms with Crippen molar-refractivity contribution >= 4 is 45.2 Å². The SMILES string of the molecule is CN(C)Cc1ccc2c(c1)c1nc(Nc3cnn(C)c3)nc(Cl)c1n2CC(F)(F)F. The maximum Gasteiger partial charge on any atom is 0.406 e. The van der Waals surface area contributed by atoms with Crippen molar-refractivity contribution in [3.8, 4) is 0 Å². The highest BCUT2D eigenvalue weighted by atomic mass is 35.5. The first kappa shape index (κ1) is 20.4. The van der Waals surface area contributed by atoms with E-state index in [4.69, 9.17) is 11.6 Å². The smallest absolute Gasteiger partial charge is 0.327 e. The standard InChI is InChI=1S/C19H19ClF3N7/c1-28(2)8-11-4-5-14-13(6-11)15-16(30(14)10-19(21,22)23)17(20)27-18(26-15)25-12-7-24-29(3)9-12/h4-7,9H,8,10H2,1-3H3,(H,25,26,27). The summed E-state index contributed by atoms with van der Waals surface area (Å²) in [6.07, 6.45) is -1.11. The lowest BCUT2D eigenvalue weighted by Crippen LogP contribution is -2.17. The fourth-order valence-electron chi connectivity index (χ4n) is 3.46. The average Bonchev–Trinajstić information content (AvgIpc) is 3.15. The van der Waals surface area contributed by atoms with E-state index in [-0.39, 0.29) is 16.6 Å². The average molecular weight is 438 g/mol. The Hall–Kier alpha value is -2.85. The summed E-state index contributed by atoms with van der Waals surface area (Å²) >= 11 is 6.35. The van der Waals surface area contributed by atoms with Crippen LogP contribution in [0.3, 0.4) is 0 Å². The molecule has 0 atom stereocenters. The van der Waals surface area contributed by atoms with Crippen molar-refractivity contribution in [1.29, 1.82) is 0 Å². The van der Waals surface area contributed by atoms with Crippen LogP contribution in [0.25, 0.3) is 21.9 Å². The van der Waals surface area contributed by atoms with E-state index in [1.54, 1.807) is 30.2 Å². The summed E-state index contributed by atoms with van der Waals surface area (Å²) in [5.41, 5.74) is 2.51. The van der Waals surface area contributed by atoms with Crippen LogP contribution in [0.2, 0.25) is 5.15 Å². The molecule has 1 aromatic carbocycles. The molecule has 7 nitrogen and oxygen atoms in total. The van der Waals surface area contributed by atoms with Crippen LogP contribution in [0.1, 0.15) is 5.56 Å². The van der Waals surface area contributed by atoms with Gasteiger partial charge in [-0.05, 0) is 31.8 Å². The van der Waals surface area contributed by atoms with Gasteiger partial charge in [0.15, 0.2) is 5.15 Å². The minimum Gasteiger partial charge on any atom is -0.327 e. The number of aryl methyl sites for hydroxylation is 1. The van der Waals surface area contributed by atoms with E-state index < -0.39 is 12.7 Å². The van der Waals surface area contributed by atoms with E-state index >= 15 is 0 Å². The van der Waals surface area contributed by atoms with Crippen LogP contribution in [0.15, 0.2) is 30.6 Å². The monoisotopic (exact) mass is 437 g/mol. The lowest BCUT2D eigenvalue weighted by atomic mass is 10.1. The summed E-state index contributed by atoms with van der Waals surface area (Å²) in [6.45, 7) is -0.542. The molecule has 0 radical (unpaired) electrons. The van der Waals surface area contributed by atoms with Gasteiger partial charge in [-0.1, -0.05) is 17.7 Å². The molecular formula is C19H19ClF3N7. The third-order valence-electron chi connectivity index (χ3n) is 4.52. The van der Waals surface area contributed by atoms with Crippen molar-refractivity contribution in [3.63, 3.8) is 0 Å². The maximum atomic E-state index is 13.3. The molecule has 0 saturated heterocycles. The maximum absolute atomic E-state index is 13.3. The van der Waals surface area contributed by atoms with Crippen molar-refractivity contribution in [1.82, 2.24) is 29.2 Å². The molecule has 0 aliphatic rings. The number of hydrogen-bond donors (Lipinski definition) is 1. The molecule has 0 unspecified atom stereocenters. The number of anilines is 2. The molecular weight excluding hydrogens is 419 g/mol. The van der Waals surface area contributed by atoms with Crippen LogP contribution in [0, 0.1) is 0 Å². The van der Waals surface area contributed by atoms with Gasteiger partial charge in [-0.2, -0.15) is 23.3 Å². The quantitative estimate of drug-likeness (QED) is 0.470. The van der Waals surface area contributed by atoms with Gasteiger partial charge in [0, 0.05) is 25.2 Å². The van der Waals surface area contributed by atoms with Crippen molar-refractivity contribution < 1.29 is 13.2 Å². The van der Waals surface area contributed by atoms with Crippen LogP contribution in [0.4, 0.5) is 24.8 Å². The molecule has 158 valence electrons. The molecule has 4 rings (SSSR count). The lowest BCUT2D eigenvalue weighted by molar-refractivity contribution is -0.139. The number of nitrogens with one attached hydrogen (secondary N) is 1. The second-order valence-corrected chi connectivity index (χ2v) is 7.71. The molecule has 30 heavy (non-hydrogen) atoms. The molecule has 0 spiro atoms. The highest BCUT2D eigenvalue weighted by Crippen LogP contribution is 2.35. The Bertz CT molecular complexity index is 1230. The van der Waals surface area contributed by atoms with Crippen LogP contribution in [-0.4, -0.2) is 49.5 Å². The van der Waals surface area contributed by atoms with E-state index in [0.29, 0.717) is 28.7 Å². The highest BCUT2D eigenvalue weighted by molar-refractivity contribution is 6.35. The van der Waals surface area contributed by atoms with E-state index in [2.05, 4.69) is 20.4 Å². The number of hydrogen-bond acceptors (Lipinski definition) is 5. The number of rotatable bonds is 5. The van der Waals surface area contributed by atoms with Crippen LogP contribution >= 0.6 is 11.6 Å². The molecule has 11 heteroatoms. The number of alkyl halides is 3. The van der Waals surface area contributed by atoms with Gasteiger partial charge < -0.3 is 14.8 Å². The molecule has 3 heterocycles. The minimum atomic E-state index is -4.42. The van der Waals surface area contributed by atoms with Gasteiger partial charge in [0.25, 0.3) is 0 Å². The molecule has 0 amide bonds. The molecule has 0 bridgehead atoms. The number of benzene rings is 1. The fraction of sp³-hybridized carbons (Fsp3) is 0.316. The number of nitrogens with zero attached hydrogens (tertiary/aromatic N) is 6. The highest BCUT2D eigenvalue weighted by Gasteiger charge is 2.31. The van der Waals surface area contributed by atoms with Gasteiger partial charge in [0.05, 0.1) is 17.4 Å². The second kappa shape index (κ2) is 7.44. The van der Waals surface area contributed by atoms with Crippen LogP contribution in [0.5, 0.6) is 0 Å². The summed E-state index contributed by atoms with van der Waals surface area (Å²) in [4.78, 5) is 10.6. The molecule has 0 aliphatic heterocycles. The van der Waals surface area contributed by atoms with Crippen molar-refractivity contribution in [3.05, 3.63) is 41.3 Å². The first-order valence-corrected chi connectivity index (χ1v) is 9.44. The van der Waals surface area contributed by atoms with Gasteiger partial charge in [0.1, 0.15) is 17.6 Å². The Morgan fingerprint density at radius 3 is 2.60 bits per heavy atom. The largest absolute Gasteiger partial charge is 0.406 e. The van der Waals surface area contributed by atoms with Crippen molar-refractivity contribution in [2.45, 2.75) is 19.3 Å². The molecule has 4 aromatic rings. The van der Waals surface area contributed by atoms with Gasteiger partial charge in [-0.3, -0.25) is 4.68 Å².